The van der Waals surface area contributed by atoms with E-state index >= 15 is 0 Å². The first kappa shape index (κ1) is 18.5. The summed E-state index contributed by atoms with van der Waals surface area (Å²) in [7, 11) is 0. The van der Waals surface area contributed by atoms with Gasteiger partial charge in [-0.3, -0.25) is 15.1 Å². The molecule has 0 aliphatic carbocycles. The number of benzene rings is 1. The molecule has 0 aliphatic rings. The van der Waals surface area contributed by atoms with E-state index in [1.807, 2.05) is 23.6 Å². The smallest absolute Gasteiger partial charge is 0.276 e. The van der Waals surface area contributed by atoms with Crippen LogP contribution in [0.25, 0.3) is 11.4 Å². The number of hydrogen-bond donors (Lipinski definition) is 1. The highest BCUT2D eigenvalue weighted by molar-refractivity contribution is 7.14. The lowest BCUT2D eigenvalue weighted by atomic mass is 10.3. The number of anilines is 1. The molecule has 4 rings (SSSR count). The van der Waals surface area contributed by atoms with Crippen molar-refractivity contribution in [2.24, 2.45) is 0 Å². The number of halogens is 1. The van der Waals surface area contributed by atoms with Crippen molar-refractivity contribution in [1.82, 2.24) is 15.0 Å². The summed E-state index contributed by atoms with van der Waals surface area (Å²) in [5.74, 6) is 0.381. The quantitative estimate of drug-likeness (QED) is 0.459. The van der Waals surface area contributed by atoms with Gasteiger partial charge in [0.15, 0.2) is 5.13 Å². The van der Waals surface area contributed by atoms with Gasteiger partial charge in [-0.1, -0.05) is 17.7 Å². The highest BCUT2D eigenvalue weighted by Crippen LogP contribution is 2.24. The van der Waals surface area contributed by atoms with Crippen LogP contribution in [0, 0.1) is 0 Å². The highest BCUT2D eigenvalue weighted by Gasteiger charge is 2.14. The molecule has 9 heteroatoms. The van der Waals surface area contributed by atoms with Gasteiger partial charge >= 0.3 is 0 Å². The Labute approximate surface area is 173 Å². The minimum atomic E-state index is -0.309. The zero-order valence-electron chi connectivity index (χ0n) is 14.3. The maximum Gasteiger partial charge on any atom is 0.276 e. The van der Waals surface area contributed by atoms with E-state index in [0.29, 0.717) is 26.6 Å². The molecule has 1 N–H and O–H groups in total. The van der Waals surface area contributed by atoms with E-state index in [-0.39, 0.29) is 12.5 Å². The van der Waals surface area contributed by atoms with Gasteiger partial charge in [0.05, 0.1) is 5.69 Å². The number of pyridine rings is 1. The zero-order valence-corrected chi connectivity index (χ0v) is 16.7. The summed E-state index contributed by atoms with van der Waals surface area (Å²) in [5.41, 5.74) is 1.81. The van der Waals surface area contributed by atoms with Gasteiger partial charge in [0, 0.05) is 22.0 Å². The van der Waals surface area contributed by atoms with Crippen LogP contribution >= 0.6 is 34.3 Å². The van der Waals surface area contributed by atoms with E-state index in [4.69, 9.17) is 16.3 Å². The molecule has 0 saturated heterocycles. The van der Waals surface area contributed by atoms with E-state index in [1.54, 1.807) is 35.8 Å². The van der Waals surface area contributed by atoms with Crippen LogP contribution < -0.4 is 10.1 Å². The topological polar surface area (TPSA) is 77.0 Å². The van der Waals surface area contributed by atoms with Crippen molar-refractivity contribution in [3.8, 4) is 17.1 Å². The first-order valence-electron chi connectivity index (χ1n) is 8.18. The maximum atomic E-state index is 12.4. The Balaban J connectivity index is 1.37. The van der Waals surface area contributed by atoms with Gasteiger partial charge in [0.1, 0.15) is 28.8 Å². The molecule has 0 saturated carbocycles. The largest absolute Gasteiger partial charge is 0.486 e. The molecule has 0 radical (unpaired) electrons. The predicted molar refractivity (Wildman–Crippen MR) is 111 cm³/mol. The molecule has 0 spiro atoms. The summed E-state index contributed by atoms with van der Waals surface area (Å²) in [5, 5.41) is 8.17. The third kappa shape index (κ3) is 4.53. The first-order valence-corrected chi connectivity index (χ1v) is 10.3. The molecule has 0 fully saturated rings. The van der Waals surface area contributed by atoms with E-state index in [1.165, 1.54) is 22.7 Å². The number of hydrogen-bond acceptors (Lipinski definition) is 7. The van der Waals surface area contributed by atoms with Crippen LogP contribution in [0.5, 0.6) is 5.75 Å². The van der Waals surface area contributed by atoms with Crippen molar-refractivity contribution in [1.29, 1.82) is 0 Å². The molecular formula is C19H13ClN4O2S2. The summed E-state index contributed by atoms with van der Waals surface area (Å²) < 4.78 is 5.65. The molecule has 28 heavy (non-hydrogen) atoms. The van der Waals surface area contributed by atoms with Gasteiger partial charge in [-0.2, -0.15) is 0 Å². The molecule has 0 aliphatic heterocycles. The molecule has 1 aromatic carbocycles. The molecule has 1 amide bonds. The minimum absolute atomic E-state index is 0.278. The second kappa shape index (κ2) is 8.47. The number of thiazole rings is 2. The van der Waals surface area contributed by atoms with E-state index in [9.17, 15) is 4.79 Å². The minimum Gasteiger partial charge on any atom is -0.486 e. The number of nitrogens with zero attached hydrogens (tertiary/aromatic N) is 3. The number of rotatable bonds is 6. The van der Waals surface area contributed by atoms with Crippen LogP contribution in [0.2, 0.25) is 5.02 Å². The van der Waals surface area contributed by atoms with Gasteiger partial charge in [0.2, 0.25) is 0 Å². The molecule has 4 aromatic rings. The second-order valence-electron chi connectivity index (χ2n) is 5.58. The standard InChI is InChI=1S/C19H13ClN4O2S2/c20-12-4-6-13(7-5-12)26-9-17-22-16(11-27-17)18(25)24-19-23-15(10-28-19)14-3-1-2-8-21-14/h1-8,10-11H,9H2,(H,23,24,25). The van der Waals surface area contributed by atoms with Gasteiger partial charge in [-0.05, 0) is 36.4 Å². The van der Waals surface area contributed by atoms with Crippen molar-refractivity contribution in [2.75, 3.05) is 5.32 Å². The Morgan fingerprint density at radius 3 is 2.68 bits per heavy atom. The van der Waals surface area contributed by atoms with Crippen molar-refractivity contribution in [3.63, 3.8) is 0 Å². The van der Waals surface area contributed by atoms with Crippen molar-refractivity contribution in [3.05, 3.63) is 75.1 Å². The predicted octanol–water partition coefficient (Wildman–Crippen LogP) is 5.15. The molecule has 0 unspecified atom stereocenters. The summed E-state index contributed by atoms with van der Waals surface area (Å²) >= 11 is 8.55. The summed E-state index contributed by atoms with van der Waals surface area (Å²) in [6.45, 7) is 0.278. The van der Waals surface area contributed by atoms with Crippen LogP contribution in [-0.4, -0.2) is 20.9 Å². The highest BCUT2D eigenvalue weighted by atomic mass is 35.5. The van der Waals surface area contributed by atoms with Crippen LogP contribution in [-0.2, 0) is 6.61 Å². The molecule has 0 bridgehead atoms. The third-order valence-electron chi connectivity index (χ3n) is 3.61. The lowest BCUT2D eigenvalue weighted by Crippen LogP contribution is -2.12. The summed E-state index contributed by atoms with van der Waals surface area (Å²) in [6.07, 6.45) is 1.70. The fourth-order valence-corrected chi connectivity index (χ4v) is 3.79. The van der Waals surface area contributed by atoms with Crippen LogP contribution in [0.15, 0.2) is 59.4 Å². The monoisotopic (exact) mass is 428 g/mol. The van der Waals surface area contributed by atoms with E-state index in [2.05, 4.69) is 20.3 Å². The van der Waals surface area contributed by atoms with E-state index < -0.39 is 0 Å². The Bertz CT molecular complexity index is 1080. The summed E-state index contributed by atoms with van der Waals surface area (Å²) in [6, 6.07) is 12.7. The molecule has 6 nitrogen and oxygen atoms in total. The number of amides is 1. The third-order valence-corrected chi connectivity index (χ3v) is 5.44. The zero-order chi connectivity index (χ0) is 19.3. The summed E-state index contributed by atoms with van der Waals surface area (Å²) in [4.78, 5) is 25.4. The van der Waals surface area contributed by atoms with Crippen molar-refractivity contribution in [2.45, 2.75) is 6.61 Å². The lowest BCUT2D eigenvalue weighted by Gasteiger charge is -2.03. The number of ether oxygens (including phenoxy) is 1. The van der Waals surface area contributed by atoms with Gasteiger partial charge in [-0.25, -0.2) is 9.97 Å². The number of nitrogens with one attached hydrogen (secondary N) is 1. The van der Waals surface area contributed by atoms with Crippen LogP contribution in [0.4, 0.5) is 5.13 Å². The number of carbonyl (C=O) groups excluding carboxylic acids is 1. The molecule has 3 aromatic heterocycles. The van der Waals surface area contributed by atoms with Gasteiger partial charge in [-0.15, -0.1) is 22.7 Å². The number of aromatic nitrogens is 3. The average molecular weight is 429 g/mol. The Hall–Kier alpha value is -2.81. The first-order chi connectivity index (χ1) is 13.7. The Morgan fingerprint density at radius 1 is 1.04 bits per heavy atom. The van der Waals surface area contributed by atoms with Gasteiger partial charge in [0.25, 0.3) is 5.91 Å². The molecule has 0 atom stereocenters. The van der Waals surface area contributed by atoms with Crippen molar-refractivity contribution >= 4 is 45.3 Å². The number of carbonyl (C=O) groups is 1. The normalized spacial score (nSPS) is 10.6. The lowest BCUT2D eigenvalue weighted by molar-refractivity contribution is 0.102. The van der Waals surface area contributed by atoms with Crippen LogP contribution in [0.3, 0.4) is 0 Å². The molecular weight excluding hydrogens is 416 g/mol. The van der Waals surface area contributed by atoms with Crippen molar-refractivity contribution < 1.29 is 9.53 Å². The Kier molecular flexibility index (Phi) is 5.61. The van der Waals surface area contributed by atoms with Crippen LogP contribution in [0.1, 0.15) is 15.5 Å². The maximum absolute atomic E-state index is 12.4. The van der Waals surface area contributed by atoms with E-state index in [0.717, 1.165) is 11.4 Å². The fourth-order valence-electron chi connectivity index (χ4n) is 2.28. The molecule has 3 heterocycles. The SMILES string of the molecule is O=C(Nc1nc(-c2ccccn2)cs1)c1csc(COc2ccc(Cl)cc2)n1. The average Bonchev–Trinajstić information content (AvgIpc) is 3.38. The van der Waals surface area contributed by atoms with Gasteiger partial charge < -0.3 is 4.74 Å². The fraction of sp³-hybridized carbons (Fsp3) is 0.0526. The molecule has 140 valence electrons. The Morgan fingerprint density at radius 2 is 1.89 bits per heavy atom. The second-order valence-corrected chi connectivity index (χ2v) is 7.81.